The van der Waals surface area contributed by atoms with E-state index in [2.05, 4.69) is 26.9 Å². The number of hydrogen-bond donors (Lipinski definition) is 0. The number of carbonyl (C=O) groups is 1. The van der Waals surface area contributed by atoms with Crippen LogP contribution in [0.15, 0.2) is 54.6 Å². The van der Waals surface area contributed by atoms with E-state index in [-0.39, 0.29) is 0 Å². The molecule has 0 aliphatic carbocycles. The number of aldehydes is 1. The van der Waals surface area contributed by atoms with Gasteiger partial charge in [0.1, 0.15) is 12.1 Å². The number of carbonyl (C=O) groups excluding carboxylic acids is 1. The van der Waals surface area contributed by atoms with Gasteiger partial charge < -0.3 is 4.57 Å². The molecule has 0 saturated heterocycles. The molecule has 1 heterocycles. The second kappa shape index (κ2) is 5.71. The highest BCUT2D eigenvalue weighted by atomic mass is 16.1. The number of rotatable bonds is 4. The lowest BCUT2D eigenvalue weighted by molar-refractivity contribution is 0.112. The molecule has 0 bridgehead atoms. The van der Waals surface area contributed by atoms with Crippen molar-refractivity contribution in [2.75, 3.05) is 0 Å². The third-order valence-electron chi connectivity index (χ3n) is 3.42. The van der Waals surface area contributed by atoms with E-state index >= 15 is 0 Å². The fourth-order valence-corrected chi connectivity index (χ4v) is 2.26. The van der Waals surface area contributed by atoms with Gasteiger partial charge in [-0.15, -0.1) is 10.2 Å². The van der Waals surface area contributed by atoms with Gasteiger partial charge in [-0.1, -0.05) is 54.6 Å². The molecule has 3 rings (SSSR count). The van der Waals surface area contributed by atoms with Gasteiger partial charge in [0.05, 0.1) is 6.54 Å². The van der Waals surface area contributed by atoms with Crippen LogP contribution in [0.1, 0.15) is 21.7 Å². The Labute approximate surface area is 123 Å². The second-order valence-electron chi connectivity index (χ2n) is 4.88. The fourth-order valence-electron chi connectivity index (χ4n) is 2.26. The van der Waals surface area contributed by atoms with Crippen molar-refractivity contribution in [3.05, 3.63) is 71.5 Å². The molecule has 0 spiro atoms. The van der Waals surface area contributed by atoms with E-state index < -0.39 is 0 Å². The molecule has 0 unspecified atom stereocenters. The predicted molar refractivity (Wildman–Crippen MR) is 81.1 cm³/mol. The Bertz CT molecular complexity index is 745. The van der Waals surface area contributed by atoms with Gasteiger partial charge in [-0.05, 0) is 12.5 Å². The summed E-state index contributed by atoms with van der Waals surface area (Å²) >= 11 is 0. The van der Waals surface area contributed by atoms with Crippen LogP contribution in [0.25, 0.3) is 11.4 Å². The number of aromatic nitrogens is 3. The first-order valence-corrected chi connectivity index (χ1v) is 6.77. The number of aryl methyl sites for hydroxylation is 1. The molecular formula is C17H15N3O. The summed E-state index contributed by atoms with van der Waals surface area (Å²) in [4.78, 5) is 10.7. The Hall–Kier alpha value is -2.75. The van der Waals surface area contributed by atoms with E-state index in [4.69, 9.17) is 0 Å². The molecule has 2 aromatic carbocycles. The van der Waals surface area contributed by atoms with Crippen molar-refractivity contribution in [1.82, 2.24) is 14.8 Å². The molecule has 104 valence electrons. The number of hydrogen-bond acceptors (Lipinski definition) is 3. The van der Waals surface area contributed by atoms with Crippen molar-refractivity contribution >= 4 is 6.29 Å². The first-order valence-electron chi connectivity index (χ1n) is 6.77. The Morgan fingerprint density at radius 3 is 2.38 bits per heavy atom. The van der Waals surface area contributed by atoms with Crippen molar-refractivity contribution in [2.45, 2.75) is 13.5 Å². The maximum absolute atomic E-state index is 10.7. The maximum atomic E-state index is 10.7. The monoisotopic (exact) mass is 277 g/mol. The molecule has 1 aromatic heterocycles. The SMILES string of the molecule is Cc1nnc(-c2ccc(C=O)cc2)n1Cc1ccccc1. The van der Waals surface area contributed by atoms with E-state index in [1.54, 1.807) is 12.1 Å². The average molecular weight is 277 g/mol. The standard InChI is InChI=1S/C17H15N3O/c1-13-18-19-17(16-9-7-15(12-21)8-10-16)20(13)11-14-5-3-2-4-6-14/h2-10,12H,11H2,1H3. The van der Waals surface area contributed by atoms with Crippen molar-refractivity contribution in [3.63, 3.8) is 0 Å². The highest BCUT2D eigenvalue weighted by Gasteiger charge is 2.11. The molecule has 0 aliphatic heterocycles. The van der Waals surface area contributed by atoms with Crippen LogP contribution < -0.4 is 0 Å². The zero-order valence-corrected chi connectivity index (χ0v) is 11.7. The summed E-state index contributed by atoms with van der Waals surface area (Å²) in [6.07, 6.45) is 0.837. The molecular weight excluding hydrogens is 262 g/mol. The van der Waals surface area contributed by atoms with Gasteiger partial charge in [-0.25, -0.2) is 0 Å². The topological polar surface area (TPSA) is 47.8 Å². The van der Waals surface area contributed by atoms with Crippen LogP contribution >= 0.6 is 0 Å². The minimum atomic E-state index is 0.657. The van der Waals surface area contributed by atoms with E-state index in [1.165, 1.54) is 5.56 Å². The quantitative estimate of drug-likeness (QED) is 0.688. The molecule has 0 aliphatic rings. The lowest BCUT2D eigenvalue weighted by atomic mass is 10.1. The molecule has 4 nitrogen and oxygen atoms in total. The van der Waals surface area contributed by atoms with Gasteiger partial charge in [-0.2, -0.15) is 0 Å². The first-order chi connectivity index (χ1) is 10.3. The minimum absolute atomic E-state index is 0.657. The molecule has 21 heavy (non-hydrogen) atoms. The van der Waals surface area contributed by atoms with E-state index in [0.29, 0.717) is 5.56 Å². The number of benzene rings is 2. The molecule has 0 N–H and O–H groups in total. The Morgan fingerprint density at radius 1 is 1.00 bits per heavy atom. The van der Waals surface area contributed by atoms with E-state index in [9.17, 15) is 4.79 Å². The molecule has 4 heteroatoms. The third kappa shape index (κ3) is 2.74. The molecule has 3 aromatic rings. The fraction of sp³-hybridized carbons (Fsp3) is 0.118. The van der Waals surface area contributed by atoms with Crippen LogP contribution in [0.3, 0.4) is 0 Å². The minimum Gasteiger partial charge on any atom is -0.307 e. The zero-order chi connectivity index (χ0) is 14.7. The summed E-state index contributed by atoms with van der Waals surface area (Å²) < 4.78 is 2.07. The predicted octanol–water partition coefficient (Wildman–Crippen LogP) is 3.11. The van der Waals surface area contributed by atoms with Gasteiger partial charge in [0, 0.05) is 11.1 Å². The van der Waals surface area contributed by atoms with Crippen LogP contribution in [-0.2, 0) is 6.54 Å². The molecule has 0 fully saturated rings. The lowest BCUT2D eigenvalue weighted by Gasteiger charge is -2.09. The van der Waals surface area contributed by atoms with Crippen LogP contribution in [0, 0.1) is 6.92 Å². The molecule has 0 amide bonds. The van der Waals surface area contributed by atoms with Crippen LogP contribution in [-0.4, -0.2) is 21.1 Å². The largest absolute Gasteiger partial charge is 0.307 e. The van der Waals surface area contributed by atoms with Gasteiger partial charge in [0.2, 0.25) is 0 Å². The van der Waals surface area contributed by atoms with Crippen molar-refractivity contribution in [1.29, 1.82) is 0 Å². The van der Waals surface area contributed by atoms with Gasteiger partial charge in [-0.3, -0.25) is 4.79 Å². The summed E-state index contributed by atoms with van der Waals surface area (Å²) in [5, 5.41) is 8.44. The van der Waals surface area contributed by atoms with Gasteiger partial charge >= 0.3 is 0 Å². The summed E-state index contributed by atoms with van der Waals surface area (Å²) in [5.74, 6) is 1.68. The van der Waals surface area contributed by atoms with Gasteiger partial charge in [0.25, 0.3) is 0 Å². The lowest BCUT2D eigenvalue weighted by Crippen LogP contribution is -2.04. The highest BCUT2D eigenvalue weighted by molar-refractivity contribution is 5.76. The highest BCUT2D eigenvalue weighted by Crippen LogP contribution is 2.20. The normalized spacial score (nSPS) is 10.5. The maximum Gasteiger partial charge on any atom is 0.164 e. The van der Waals surface area contributed by atoms with E-state index in [0.717, 1.165) is 30.0 Å². The zero-order valence-electron chi connectivity index (χ0n) is 11.7. The van der Waals surface area contributed by atoms with Crippen LogP contribution in [0.4, 0.5) is 0 Å². The smallest absolute Gasteiger partial charge is 0.164 e. The van der Waals surface area contributed by atoms with Crippen molar-refractivity contribution in [3.8, 4) is 11.4 Å². The average Bonchev–Trinajstić information content (AvgIpc) is 2.90. The Kier molecular flexibility index (Phi) is 3.60. The molecule has 0 radical (unpaired) electrons. The van der Waals surface area contributed by atoms with Crippen LogP contribution in [0.2, 0.25) is 0 Å². The molecule has 0 atom stereocenters. The van der Waals surface area contributed by atoms with Gasteiger partial charge in [0.15, 0.2) is 5.82 Å². The summed E-state index contributed by atoms with van der Waals surface area (Å²) in [6.45, 7) is 2.67. The van der Waals surface area contributed by atoms with Crippen molar-refractivity contribution < 1.29 is 4.79 Å². The summed E-state index contributed by atoms with van der Waals surface area (Å²) in [7, 11) is 0. The third-order valence-corrected chi connectivity index (χ3v) is 3.42. The Balaban J connectivity index is 1.98. The molecule has 0 saturated carbocycles. The summed E-state index contributed by atoms with van der Waals surface area (Å²) in [6, 6.07) is 17.6. The van der Waals surface area contributed by atoms with E-state index in [1.807, 2.05) is 37.3 Å². The first kappa shape index (κ1) is 13.2. The second-order valence-corrected chi connectivity index (χ2v) is 4.88. The Morgan fingerprint density at radius 2 is 1.71 bits per heavy atom. The van der Waals surface area contributed by atoms with Crippen LogP contribution in [0.5, 0.6) is 0 Å². The number of nitrogens with zero attached hydrogens (tertiary/aromatic N) is 3. The summed E-state index contributed by atoms with van der Waals surface area (Å²) in [5.41, 5.74) is 2.81. The van der Waals surface area contributed by atoms with Crippen molar-refractivity contribution in [2.24, 2.45) is 0 Å².